The van der Waals surface area contributed by atoms with Crippen LogP contribution in [0.2, 0.25) is 0 Å². The van der Waals surface area contributed by atoms with Crippen molar-refractivity contribution in [2.75, 3.05) is 0 Å². The molecule has 0 aromatic carbocycles. The van der Waals surface area contributed by atoms with Gasteiger partial charge in [-0.3, -0.25) is 0 Å². The van der Waals surface area contributed by atoms with E-state index >= 15 is 0 Å². The quantitative estimate of drug-likeness (QED) is 0.494. The van der Waals surface area contributed by atoms with Gasteiger partial charge in [0.1, 0.15) is 0 Å². The van der Waals surface area contributed by atoms with E-state index in [0.717, 1.165) is 12.5 Å². The number of hydrogen-bond donors (Lipinski definition) is 0. The summed E-state index contributed by atoms with van der Waals surface area (Å²) in [4.78, 5) is 4.00. The fourth-order valence-corrected chi connectivity index (χ4v) is 0.851. The molecule has 2 heterocycles. The molecule has 0 N–H and O–H groups in total. The first-order valence-electron chi connectivity index (χ1n) is 2.84. The summed E-state index contributed by atoms with van der Waals surface area (Å²) < 4.78 is 1.99. The second-order valence-corrected chi connectivity index (χ2v) is 1.89. The minimum absolute atomic E-state index is 0.803. The second kappa shape index (κ2) is 1.62. The molecular formula is C6H6N3. The Labute approximate surface area is 53.0 Å². The van der Waals surface area contributed by atoms with Crippen LogP contribution < -0.4 is 5.32 Å². The Bertz CT molecular complexity index is 214. The molecule has 0 saturated carbocycles. The van der Waals surface area contributed by atoms with Gasteiger partial charge in [-0.15, -0.1) is 0 Å². The Balaban J connectivity index is 2.46. The summed E-state index contributed by atoms with van der Waals surface area (Å²) in [6.07, 6.45) is 7.45. The third kappa shape index (κ3) is 0.614. The zero-order chi connectivity index (χ0) is 6.10. The molecule has 0 amide bonds. The lowest BCUT2D eigenvalue weighted by atomic mass is 10.5. The maximum atomic E-state index is 4.02. The lowest BCUT2D eigenvalue weighted by molar-refractivity contribution is 0.759. The molecule has 9 heavy (non-hydrogen) atoms. The van der Waals surface area contributed by atoms with E-state index in [2.05, 4.69) is 10.3 Å². The van der Waals surface area contributed by atoms with Gasteiger partial charge in [0.15, 0.2) is 0 Å². The van der Waals surface area contributed by atoms with Crippen LogP contribution in [-0.2, 0) is 6.54 Å². The normalized spacial score (nSPS) is 14.7. The topological polar surface area (TPSA) is 31.9 Å². The number of rotatable bonds is 0. The lowest BCUT2D eigenvalue weighted by Gasteiger charge is -2.05. The van der Waals surface area contributed by atoms with Crippen molar-refractivity contribution in [3.8, 4) is 0 Å². The molecule has 3 heteroatoms. The van der Waals surface area contributed by atoms with Crippen molar-refractivity contribution in [2.45, 2.75) is 6.54 Å². The summed E-state index contributed by atoms with van der Waals surface area (Å²) in [5.41, 5.74) is 0. The molecule has 0 unspecified atom stereocenters. The molecule has 2 rings (SSSR count). The van der Waals surface area contributed by atoms with Crippen LogP contribution in [0.1, 0.15) is 0 Å². The van der Waals surface area contributed by atoms with Gasteiger partial charge in [0.2, 0.25) is 5.95 Å². The average molecular weight is 120 g/mol. The highest BCUT2D eigenvalue weighted by molar-refractivity contribution is 5.21. The van der Waals surface area contributed by atoms with Crippen LogP contribution in [0.5, 0.6) is 0 Å². The van der Waals surface area contributed by atoms with E-state index in [1.165, 1.54) is 0 Å². The number of hydrogen-bond acceptors (Lipinski definition) is 1. The van der Waals surface area contributed by atoms with Crippen LogP contribution >= 0.6 is 0 Å². The highest BCUT2D eigenvalue weighted by atomic mass is 15.2. The number of fused-ring (bicyclic) bond motifs is 1. The monoisotopic (exact) mass is 120 g/mol. The fraction of sp³-hybridized carbons (Fsp3) is 0.167. The summed E-state index contributed by atoms with van der Waals surface area (Å²) in [5.74, 6) is 0.803. The van der Waals surface area contributed by atoms with Gasteiger partial charge in [0.05, 0.1) is 0 Å². The van der Waals surface area contributed by atoms with Crippen LogP contribution in [-0.4, -0.2) is 9.55 Å². The van der Waals surface area contributed by atoms with Gasteiger partial charge in [-0.05, 0) is 6.08 Å². The Kier molecular flexibility index (Phi) is 0.828. The number of aromatic nitrogens is 2. The van der Waals surface area contributed by atoms with E-state index in [-0.39, 0.29) is 0 Å². The SMILES string of the molecule is C1=C[N]c2nccn2C1. The third-order valence-corrected chi connectivity index (χ3v) is 1.29. The van der Waals surface area contributed by atoms with Crippen molar-refractivity contribution in [1.29, 1.82) is 0 Å². The number of imidazole rings is 1. The van der Waals surface area contributed by atoms with Crippen LogP contribution in [0.15, 0.2) is 24.7 Å². The zero-order valence-electron chi connectivity index (χ0n) is 4.86. The molecule has 1 aliphatic rings. The molecule has 3 nitrogen and oxygen atoms in total. The van der Waals surface area contributed by atoms with Crippen molar-refractivity contribution in [1.82, 2.24) is 14.9 Å². The van der Waals surface area contributed by atoms with Crippen molar-refractivity contribution < 1.29 is 0 Å². The number of allylic oxidation sites excluding steroid dienone is 1. The maximum absolute atomic E-state index is 4.02. The van der Waals surface area contributed by atoms with Crippen LogP contribution in [0.3, 0.4) is 0 Å². The summed E-state index contributed by atoms with van der Waals surface area (Å²) in [5, 5.41) is 4.02. The van der Waals surface area contributed by atoms with Gasteiger partial charge in [-0.1, -0.05) is 0 Å². The molecule has 0 fully saturated rings. The Morgan fingerprint density at radius 1 is 1.56 bits per heavy atom. The predicted molar refractivity (Wildman–Crippen MR) is 33.2 cm³/mol. The van der Waals surface area contributed by atoms with Gasteiger partial charge in [0, 0.05) is 25.1 Å². The van der Waals surface area contributed by atoms with Crippen LogP contribution in [0.4, 0.5) is 5.95 Å². The second-order valence-electron chi connectivity index (χ2n) is 1.89. The molecule has 0 aliphatic carbocycles. The first-order chi connectivity index (χ1) is 4.47. The largest absolute Gasteiger partial charge is 0.312 e. The average Bonchev–Trinajstić information content (AvgIpc) is 2.33. The van der Waals surface area contributed by atoms with Crippen LogP contribution in [0, 0.1) is 0 Å². The first-order valence-corrected chi connectivity index (χ1v) is 2.84. The maximum Gasteiger partial charge on any atom is 0.229 e. The molecule has 45 valence electrons. The third-order valence-electron chi connectivity index (χ3n) is 1.29. The smallest absolute Gasteiger partial charge is 0.229 e. The summed E-state index contributed by atoms with van der Waals surface area (Å²) >= 11 is 0. The van der Waals surface area contributed by atoms with E-state index in [1.54, 1.807) is 12.4 Å². The van der Waals surface area contributed by atoms with Gasteiger partial charge in [0.25, 0.3) is 0 Å². The van der Waals surface area contributed by atoms with Gasteiger partial charge in [-0.2, -0.15) is 0 Å². The van der Waals surface area contributed by atoms with E-state index in [1.807, 2.05) is 16.8 Å². The van der Waals surface area contributed by atoms with E-state index in [0.29, 0.717) is 0 Å². The number of nitrogens with zero attached hydrogens (tertiary/aromatic N) is 3. The van der Waals surface area contributed by atoms with E-state index < -0.39 is 0 Å². The highest BCUT2D eigenvalue weighted by Crippen LogP contribution is 2.07. The Morgan fingerprint density at radius 3 is 3.44 bits per heavy atom. The zero-order valence-corrected chi connectivity index (χ0v) is 4.86. The highest BCUT2D eigenvalue weighted by Gasteiger charge is 2.02. The standard InChI is InChI=1S/C6H6N3/c1-2-7-6-8-3-5-9(6)4-1/h1-3,5H,4H2. The predicted octanol–water partition coefficient (Wildman–Crippen LogP) is 0.646. The van der Waals surface area contributed by atoms with Gasteiger partial charge < -0.3 is 4.57 Å². The van der Waals surface area contributed by atoms with E-state index in [9.17, 15) is 0 Å². The molecule has 1 radical (unpaired) electrons. The summed E-state index contributed by atoms with van der Waals surface area (Å²) in [7, 11) is 0. The minimum atomic E-state index is 0.803. The van der Waals surface area contributed by atoms with Gasteiger partial charge in [-0.25, -0.2) is 10.3 Å². The Morgan fingerprint density at radius 2 is 2.56 bits per heavy atom. The molecular weight excluding hydrogens is 114 g/mol. The molecule has 1 aromatic rings. The van der Waals surface area contributed by atoms with Crippen molar-refractivity contribution in [2.24, 2.45) is 0 Å². The van der Waals surface area contributed by atoms with Crippen LogP contribution in [0.25, 0.3) is 0 Å². The Hall–Kier alpha value is -1.25. The minimum Gasteiger partial charge on any atom is -0.312 e. The van der Waals surface area contributed by atoms with Gasteiger partial charge >= 0.3 is 0 Å². The fourth-order valence-electron chi connectivity index (χ4n) is 0.851. The van der Waals surface area contributed by atoms with Crippen molar-refractivity contribution in [3.05, 3.63) is 24.7 Å². The molecule has 0 bridgehead atoms. The molecule has 1 aromatic heterocycles. The summed E-state index contributed by atoms with van der Waals surface area (Å²) in [6, 6.07) is 0. The molecule has 1 aliphatic heterocycles. The van der Waals surface area contributed by atoms with E-state index in [4.69, 9.17) is 0 Å². The molecule has 0 spiro atoms. The molecule has 0 saturated heterocycles. The van der Waals surface area contributed by atoms with Crippen molar-refractivity contribution >= 4 is 5.95 Å². The summed E-state index contributed by atoms with van der Waals surface area (Å²) in [6.45, 7) is 0.902. The lowest BCUT2D eigenvalue weighted by Crippen LogP contribution is -2.04. The first kappa shape index (κ1) is 4.61. The van der Waals surface area contributed by atoms with Crippen molar-refractivity contribution in [3.63, 3.8) is 0 Å². The molecule has 0 atom stereocenters.